The molecule has 1 unspecified atom stereocenters. The molecule has 1 aromatic heterocycles. The van der Waals surface area contributed by atoms with Gasteiger partial charge in [0, 0.05) is 18.8 Å². The van der Waals surface area contributed by atoms with Crippen LogP contribution in [-0.4, -0.2) is 28.4 Å². The zero-order chi connectivity index (χ0) is 13.8. The average Bonchev–Trinajstić information content (AvgIpc) is 2.65. The lowest BCUT2D eigenvalue weighted by Crippen LogP contribution is -2.39. The number of nitrogen functional groups attached to an aromatic ring is 1. The van der Waals surface area contributed by atoms with Crippen molar-refractivity contribution >= 4 is 23.3 Å². The molecule has 104 valence electrons. The van der Waals surface area contributed by atoms with E-state index in [0.29, 0.717) is 22.4 Å². The van der Waals surface area contributed by atoms with E-state index in [1.807, 2.05) is 4.90 Å². The lowest BCUT2D eigenvalue weighted by atomic mass is 10.1. The number of hydrogen-bond donors (Lipinski definition) is 1. The molecule has 0 bridgehead atoms. The van der Waals surface area contributed by atoms with Crippen LogP contribution in [0.5, 0.6) is 0 Å². The number of amides is 1. The maximum atomic E-state index is 12.7. The fourth-order valence-electron chi connectivity index (χ4n) is 2.64. The second-order valence-electron chi connectivity index (χ2n) is 5.00. The van der Waals surface area contributed by atoms with Crippen LogP contribution in [0.4, 0.5) is 5.82 Å². The minimum Gasteiger partial charge on any atom is -0.384 e. The summed E-state index contributed by atoms with van der Waals surface area (Å²) in [6, 6.07) is 1.88. The molecular formula is C14H20ClN3O. The molecule has 2 rings (SSSR count). The fourth-order valence-corrected chi connectivity index (χ4v) is 2.83. The van der Waals surface area contributed by atoms with Gasteiger partial charge >= 0.3 is 0 Å². The van der Waals surface area contributed by atoms with Crippen molar-refractivity contribution in [2.24, 2.45) is 0 Å². The van der Waals surface area contributed by atoms with Crippen molar-refractivity contribution in [3.05, 3.63) is 22.8 Å². The smallest absolute Gasteiger partial charge is 0.255 e. The molecule has 2 N–H and O–H groups in total. The van der Waals surface area contributed by atoms with Crippen LogP contribution in [0.25, 0.3) is 0 Å². The van der Waals surface area contributed by atoms with E-state index in [1.165, 1.54) is 19.0 Å². The summed E-state index contributed by atoms with van der Waals surface area (Å²) < 4.78 is 0. The summed E-state index contributed by atoms with van der Waals surface area (Å²) in [5, 5.41) is 0.373. The van der Waals surface area contributed by atoms with E-state index in [0.717, 1.165) is 25.8 Å². The highest BCUT2D eigenvalue weighted by atomic mass is 35.5. The van der Waals surface area contributed by atoms with Crippen LogP contribution in [0, 0.1) is 0 Å². The normalized spacial score (nSPS) is 20.1. The topological polar surface area (TPSA) is 59.2 Å². The van der Waals surface area contributed by atoms with Gasteiger partial charge in [0.1, 0.15) is 5.82 Å². The quantitative estimate of drug-likeness (QED) is 0.906. The lowest BCUT2D eigenvalue weighted by Gasteiger charge is -2.29. The van der Waals surface area contributed by atoms with Crippen LogP contribution in [0.1, 0.15) is 49.4 Å². The zero-order valence-corrected chi connectivity index (χ0v) is 12.0. The molecule has 0 radical (unpaired) electrons. The number of nitrogens with zero attached hydrogens (tertiary/aromatic N) is 2. The highest BCUT2D eigenvalue weighted by molar-refractivity contribution is 6.33. The second-order valence-corrected chi connectivity index (χ2v) is 5.41. The van der Waals surface area contributed by atoms with Crippen molar-refractivity contribution in [3.8, 4) is 0 Å². The molecule has 1 atom stereocenters. The fraction of sp³-hybridized carbons (Fsp3) is 0.571. The monoisotopic (exact) mass is 281 g/mol. The molecule has 0 aromatic carbocycles. The summed E-state index contributed by atoms with van der Waals surface area (Å²) in [7, 11) is 0. The van der Waals surface area contributed by atoms with Crippen LogP contribution in [-0.2, 0) is 0 Å². The highest BCUT2D eigenvalue weighted by Crippen LogP contribution is 2.24. The first-order valence-electron chi connectivity index (χ1n) is 6.85. The number of hydrogen-bond acceptors (Lipinski definition) is 3. The van der Waals surface area contributed by atoms with Gasteiger partial charge in [-0.2, -0.15) is 0 Å². The van der Waals surface area contributed by atoms with Crippen LogP contribution in [0.2, 0.25) is 5.02 Å². The number of aromatic nitrogens is 1. The van der Waals surface area contributed by atoms with Gasteiger partial charge in [-0.05, 0) is 25.3 Å². The van der Waals surface area contributed by atoms with Gasteiger partial charge in [-0.1, -0.05) is 31.4 Å². The Bertz CT molecular complexity index is 464. The van der Waals surface area contributed by atoms with E-state index in [9.17, 15) is 4.79 Å². The number of anilines is 1. The third-order valence-corrected chi connectivity index (χ3v) is 4.02. The molecule has 19 heavy (non-hydrogen) atoms. The van der Waals surface area contributed by atoms with E-state index < -0.39 is 0 Å². The van der Waals surface area contributed by atoms with Gasteiger partial charge in [0.2, 0.25) is 0 Å². The number of carbonyl (C=O) groups is 1. The largest absolute Gasteiger partial charge is 0.384 e. The molecule has 1 amide bonds. The molecule has 0 saturated carbocycles. The molecule has 0 aliphatic carbocycles. The number of halogens is 1. The third-order valence-electron chi connectivity index (χ3n) is 3.72. The van der Waals surface area contributed by atoms with Gasteiger partial charge in [0.25, 0.3) is 5.91 Å². The van der Waals surface area contributed by atoms with Crippen molar-refractivity contribution in [2.45, 2.75) is 45.1 Å². The Morgan fingerprint density at radius 3 is 3.05 bits per heavy atom. The highest BCUT2D eigenvalue weighted by Gasteiger charge is 2.26. The molecule has 1 aliphatic rings. The predicted molar refractivity (Wildman–Crippen MR) is 77.2 cm³/mol. The summed E-state index contributed by atoms with van der Waals surface area (Å²) in [4.78, 5) is 18.5. The minimum atomic E-state index is -0.0205. The molecule has 0 spiro atoms. The molecule has 2 heterocycles. The third kappa shape index (κ3) is 3.18. The Hall–Kier alpha value is -1.29. The van der Waals surface area contributed by atoms with E-state index >= 15 is 0 Å². The molecule has 1 aliphatic heterocycles. The molecule has 1 fully saturated rings. The second kappa shape index (κ2) is 6.24. The van der Waals surface area contributed by atoms with E-state index in [2.05, 4.69) is 11.9 Å². The number of likely N-dealkylation sites (tertiary alicyclic amines) is 1. The summed E-state index contributed by atoms with van der Waals surface area (Å²) in [5.41, 5.74) is 6.12. The molecule has 1 saturated heterocycles. The van der Waals surface area contributed by atoms with Gasteiger partial charge in [-0.25, -0.2) is 4.98 Å². The minimum absolute atomic E-state index is 0.0205. The first-order valence-corrected chi connectivity index (χ1v) is 7.23. The van der Waals surface area contributed by atoms with Crippen molar-refractivity contribution < 1.29 is 4.79 Å². The summed E-state index contributed by atoms with van der Waals surface area (Å²) in [6.07, 6.45) is 6.93. The Labute approximate surface area is 118 Å². The van der Waals surface area contributed by atoms with E-state index in [-0.39, 0.29) is 5.91 Å². The first-order chi connectivity index (χ1) is 9.13. The first kappa shape index (κ1) is 14.1. The summed E-state index contributed by atoms with van der Waals surface area (Å²) in [5.74, 6) is 0.309. The maximum absolute atomic E-state index is 12.7. The van der Waals surface area contributed by atoms with Gasteiger partial charge in [0.15, 0.2) is 0 Å². The Morgan fingerprint density at radius 1 is 1.53 bits per heavy atom. The van der Waals surface area contributed by atoms with Gasteiger partial charge < -0.3 is 10.6 Å². The van der Waals surface area contributed by atoms with Crippen LogP contribution in [0.3, 0.4) is 0 Å². The predicted octanol–water partition coefficient (Wildman–Crippen LogP) is 3.11. The number of nitrogens with two attached hydrogens (primary N) is 1. The Balaban J connectivity index is 2.27. The lowest BCUT2D eigenvalue weighted by molar-refractivity contribution is 0.0678. The van der Waals surface area contributed by atoms with Gasteiger partial charge in [-0.15, -0.1) is 0 Å². The van der Waals surface area contributed by atoms with Gasteiger partial charge in [0.05, 0.1) is 10.6 Å². The summed E-state index contributed by atoms with van der Waals surface area (Å²) >= 11 is 6.08. The van der Waals surface area contributed by atoms with Crippen LogP contribution >= 0.6 is 11.6 Å². The molecular weight excluding hydrogens is 262 g/mol. The van der Waals surface area contributed by atoms with Crippen molar-refractivity contribution in [3.63, 3.8) is 0 Å². The number of carbonyl (C=O) groups excluding carboxylic acids is 1. The van der Waals surface area contributed by atoms with Crippen LogP contribution in [0.15, 0.2) is 12.3 Å². The average molecular weight is 282 g/mol. The maximum Gasteiger partial charge on any atom is 0.255 e. The molecule has 4 nitrogen and oxygen atoms in total. The Morgan fingerprint density at radius 2 is 2.32 bits per heavy atom. The van der Waals surface area contributed by atoms with Gasteiger partial charge in [-0.3, -0.25) is 4.79 Å². The van der Waals surface area contributed by atoms with Crippen molar-refractivity contribution in [1.82, 2.24) is 9.88 Å². The molecule has 5 heteroatoms. The SMILES string of the molecule is CCC1CCCCCN1C(=O)c1cc(N)ncc1Cl. The van der Waals surface area contributed by atoms with E-state index in [4.69, 9.17) is 17.3 Å². The van der Waals surface area contributed by atoms with Crippen molar-refractivity contribution in [2.75, 3.05) is 12.3 Å². The summed E-state index contributed by atoms with van der Waals surface area (Å²) in [6.45, 7) is 2.93. The zero-order valence-electron chi connectivity index (χ0n) is 11.2. The van der Waals surface area contributed by atoms with Crippen molar-refractivity contribution in [1.29, 1.82) is 0 Å². The van der Waals surface area contributed by atoms with Crippen LogP contribution < -0.4 is 5.73 Å². The van der Waals surface area contributed by atoms with E-state index in [1.54, 1.807) is 6.07 Å². The standard InChI is InChI=1S/C14H20ClN3O/c1-2-10-6-4-3-5-7-18(10)14(19)11-8-13(16)17-9-12(11)15/h8-10H,2-7H2,1H3,(H2,16,17). The Kier molecular flexibility index (Phi) is 4.64. The number of rotatable bonds is 2. The molecule has 1 aromatic rings. The number of pyridine rings is 1.